The maximum absolute atomic E-state index is 12.0. The molecule has 2 N–H and O–H groups in total. The Hall–Kier alpha value is -1.14. The predicted molar refractivity (Wildman–Crippen MR) is 66.1 cm³/mol. The van der Waals surface area contributed by atoms with Crippen LogP contribution in [0, 0.1) is 0 Å². The fourth-order valence-corrected chi connectivity index (χ4v) is 2.30. The molecule has 2 aliphatic rings. The molecule has 2 fully saturated rings. The molecule has 2 aliphatic heterocycles. The van der Waals surface area contributed by atoms with Crippen molar-refractivity contribution in [1.29, 1.82) is 0 Å². The Kier molecular flexibility index (Phi) is 4.19. The average Bonchev–Trinajstić information content (AvgIpc) is 2.76. The highest BCUT2D eigenvalue weighted by Crippen LogP contribution is 2.12. The fourth-order valence-electron chi connectivity index (χ4n) is 2.30. The molecule has 0 saturated carbocycles. The Morgan fingerprint density at radius 1 is 1.61 bits per heavy atom. The number of nitrogens with one attached hydrogen (secondary N) is 2. The zero-order valence-corrected chi connectivity index (χ0v) is 10.8. The van der Waals surface area contributed by atoms with Crippen LogP contribution in [0.2, 0.25) is 0 Å². The van der Waals surface area contributed by atoms with Crippen LogP contribution in [0.4, 0.5) is 0 Å². The Bertz CT molecular complexity index is 327. The summed E-state index contributed by atoms with van der Waals surface area (Å²) in [5.74, 6) is 0.0763. The third kappa shape index (κ3) is 3.00. The van der Waals surface area contributed by atoms with Crippen molar-refractivity contribution in [3.63, 3.8) is 0 Å². The minimum Gasteiger partial charge on any atom is -0.363 e. The highest BCUT2D eigenvalue weighted by Gasteiger charge is 2.35. The molecular formula is C12H21N3O3. The Morgan fingerprint density at radius 2 is 2.44 bits per heavy atom. The van der Waals surface area contributed by atoms with Gasteiger partial charge in [-0.05, 0) is 13.3 Å². The van der Waals surface area contributed by atoms with Gasteiger partial charge in [0, 0.05) is 39.1 Å². The molecule has 0 radical (unpaired) electrons. The third-order valence-electron chi connectivity index (χ3n) is 3.48. The van der Waals surface area contributed by atoms with Gasteiger partial charge in [0.1, 0.15) is 0 Å². The number of hydrogen-bond donors (Lipinski definition) is 2. The number of carbonyl (C=O) groups is 2. The molecule has 2 saturated heterocycles. The second kappa shape index (κ2) is 5.67. The second-order valence-electron chi connectivity index (χ2n) is 5.00. The Morgan fingerprint density at radius 3 is 3.06 bits per heavy atom. The van der Waals surface area contributed by atoms with Crippen LogP contribution < -0.4 is 10.6 Å². The number of rotatable bonds is 4. The van der Waals surface area contributed by atoms with Crippen LogP contribution in [0.3, 0.4) is 0 Å². The first kappa shape index (κ1) is 13.3. The molecule has 18 heavy (non-hydrogen) atoms. The van der Waals surface area contributed by atoms with Crippen LogP contribution in [0.25, 0.3) is 0 Å². The van der Waals surface area contributed by atoms with Gasteiger partial charge in [0.15, 0.2) is 5.60 Å². The van der Waals surface area contributed by atoms with Gasteiger partial charge in [-0.2, -0.15) is 0 Å². The van der Waals surface area contributed by atoms with Gasteiger partial charge < -0.3 is 20.3 Å². The van der Waals surface area contributed by atoms with E-state index in [1.54, 1.807) is 11.8 Å². The van der Waals surface area contributed by atoms with Gasteiger partial charge in [-0.25, -0.2) is 0 Å². The molecule has 0 bridgehead atoms. The van der Waals surface area contributed by atoms with Crippen LogP contribution in [0.1, 0.15) is 19.8 Å². The van der Waals surface area contributed by atoms with E-state index in [9.17, 15) is 9.59 Å². The molecule has 0 spiro atoms. The smallest absolute Gasteiger partial charge is 0.253 e. The van der Waals surface area contributed by atoms with Crippen molar-refractivity contribution in [2.75, 3.05) is 39.3 Å². The number of carbonyl (C=O) groups excluding carboxylic acids is 2. The summed E-state index contributed by atoms with van der Waals surface area (Å²) in [7, 11) is 0. The molecule has 2 heterocycles. The molecule has 0 aliphatic carbocycles. The number of morpholine rings is 1. The fraction of sp³-hybridized carbons (Fsp3) is 0.833. The molecule has 0 aromatic heterocycles. The summed E-state index contributed by atoms with van der Waals surface area (Å²) in [6.07, 6.45) is 1.57. The van der Waals surface area contributed by atoms with E-state index in [4.69, 9.17) is 4.74 Å². The van der Waals surface area contributed by atoms with E-state index >= 15 is 0 Å². The summed E-state index contributed by atoms with van der Waals surface area (Å²) in [5, 5.41) is 5.99. The molecule has 2 amide bonds. The average molecular weight is 255 g/mol. The molecule has 0 aromatic rings. The van der Waals surface area contributed by atoms with Crippen LogP contribution in [0.5, 0.6) is 0 Å². The molecule has 0 aromatic carbocycles. The van der Waals surface area contributed by atoms with Crippen molar-refractivity contribution in [2.24, 2.45) is 0 Å². The number of nitrogens with zero attached hydrogens (tertiary/aromatic N) is 1. The molecule has 2 rings (SSSR count). The van der Waals surface area contributed by atoms with Gasteiger partial charge in [0.25, 0.3) is 5.91 Å². The lowest BCUT2D eigenvalue weighted by Crippen LogP contribution is -2.57. The van der Waals surface area contributed by atoms with Crippen LogP contribution >= 0.6 is 0 Å². The van der Waals surface area contributed by atoms with Crippen molar-refractivity contribution in [1.82, 2.24) is 15.5 Å². The highest BCUT2D eigenvalue weighted by atomic mass is 16.5. The topological polar surface area (TPSA) is 70.7 Å². The van der Waals surface area contributed by atoms with Crippen molar-refractivity contribution in [3.8, 4) is 0 Å². The maximum atomic E-state index is 12.0. The summed E-state index contributed by atoms with van der Waals surface area (Å²) < 4.78 is 5.52. The zero-order valence-electron chi connectivity index (χ0n) is 10.8. The molecule has 6 heteroatoms. The van der Waals surface area contributed by atoms with E-state index in [1.807, 2.05) is 0 Å². The summed E-state index contributed by atoms with van der Waals surface area (Å²) in [6, 6.07) is 0. The first-order valence-corrected chi connectivity index (χ1v) is 6.52. The normalized spacial score (nSPS) is 28.5. The van der Waals surface area contributed by atoms with Gasteiger partial charge in [0.2, 0.25) is 5.91 Å². The van der Waals surface area contributed by atoms with E-state index in [-0.39, 0.29) is 11.8 Å². The zero-order chi connectivity index (χ0) is 13.0. The first-order chi connectivity index (χ1) is 8.62. The SMILES string of the molecule is C[C@@]1(C(=O)NCCN2CCCC2=O)CNCCO1. The lowest BCUT2D eigenvalue weighted by molar-refractivity contribution is -0.148. The standard InChI is InChI=1S/C12H21N3O3/c1-12(9-13-5-8-18-12)11(17)14-4-7-15-6-2-3-10(15)16/h13H,2-9H2,1H3,(H,14,17)/t12-/m0/s1. The maximum Gasteiger partial charge on any atom is 0.253 e. The Labute approximate surface area is 107 Å². The van der Waals surface area contributed by atoms with Crippen molar-refractivity contribution < 1.29 is 14.3 Å². The van der Waals surface area contributed by atoms with Gasteiger partial charge in [0.05, 0.1) is 6.61 Å². The summed E-state index contributed by atoms with van der Waals surface area (Å²) in [4.78, 5) is 25.2. The van der Waals surface area contributed by atoms with Crippen molar-refractivity contribution in [3.05, 3.63) is 0 Å². The van der Waals surface area contributed by atoms with Gasteiger partial charge in [-0.15, -0.1) is 0 Å². The minimum atomic E-state index is -0.784. The van der Waals surface area contributed by atoms with E-state index in [0.717, 1.165) is 19.5 Å². The highest BCUT2D eigenvalue weighted by molar-refractivity contribution is 5.85. The van der Waals surface area contributed by atoms with E-state index in [0.29, 0.717) is 32.7 Å². The van der Waals surface area contributed by atoms with Crippen molar-refractivity contribution in [2.45, 2.75) is 25.4 Å². The van der Waals surface area contributed by atoms with E-state index < -0.39 is 5.60 Å². The Balaban J connectivity index is 1.72. The number of amides is 2. The first-order valence-electron chi connectivity index (χ1n) is 6.52. The number of ether oxygens (including phenoxy) is 1. The number of hydrogen-bond acceptors (Lipinski definition) is 4. The van der Waals surface area contributed by atoms with Crippen LogP contribution in [-0.4, -0.2) is 61.6 Å². The van der Waals surface area contributed by atoms with Crippen LogP contribution in [-0.2, 0) is 14.3 Å². The summed E-state index contributed by atoms with van der Waals surface area (Å²) in [5.41, 5.74) is -0.784. The minimum absolute atomic E-state index is 0.110. The predicted octanol–water partition coefficient (Wildman–Crippen LogP) is -0.896. The largest absolute Gasteiger partial charge is 0.363 e. The monoisotopic (exact) mass is 255 g/mol. The molecule has 6 nitrogen and oxygen atoms in total. The molecule has 1 atom stereocenters. The summed E-state index contributed by atoms with van der Waals surface area (Å²) >= 11 is 0. The molecular weight excluding hydrogens is 234 g/mol. The van der Waals surface area contributed by atoms with E-state index in [2.05, 4.69) is 10.6 Å². The molecule has 0 unspecified atom stereocenters. The quantitative estimate of drug-likeness (QED) is 0.683. The van der Waals surface area contributed by atoms with Crippen molar-refractivity contribution >= 4 is 11.8 Å². The lowest BCUT2D eigenvalue weighted by Gasteiger charge is -2.33. The van der Waals surface area contributed by atoms with Gasteiger partial charge in [-0.3, -0.25) is 9.59 Å². The molecule has 102 valence electrons. The lowest BCUT2D eigenvalue weighted by atomic mass is 10.0. The second-order valence-corrected chi connectivity index (χ2v) is 5.00. The van der Waals surface area contributed by atoms with Crippen LogP contribution in [0.15, 0.2) is 0 Å². The third-order valence-corrected chi connectivity index (χ3v) is 3.48. The summed E-state index contributed by atoms with van der Waals surface area (Å²) in [6.45, 7) is 5.54. The number of likely N-dealkylation sites (tertiary alicyclic amines) is 1. The van der Waals surface area contributed by atoms with Gasteiger partial charge >= 0.3 is 0 Å². The van der Waals surface area contributed by atoms with E-state index in [1.165, 1.54) is 0 Å². The van der Waals surface area contributed by atoms with Gasteiger partial charge in [-0.1, -0.05) is 0 Å².